The van der Waals surface area contributed by atoms with E-state index in [-0.39, 0.29) is 12.0 Å². The summed E-state index contributed by atoms with van der Waals surface area (Å²) >= 11 is 1.22. The number of rotatable bonds is 5. The summed E-state index contributed by atoms with van der Waals surface area (Å²) < 4.78 is 33.7. The molecule has 2 aromatic rings. The highest BCUT2D eigenvalue weighted by molar-refractivity contribution is 7.91. The van der Waals surface area contributed by atoms with Gasteiger partial charge < -0.3 is 4.74 Å². The number of hydrogen-bond donors (Lipinski definition) is 1. The van der Waals surface area contributed by atoms with Crippen LogP contribution in [0.25, 0.3) is 0 Å². The molecule has 0 saturated carbocycles. The van der Waals surface area contributed by atoms with Crippen LogP contribution in [0.4, 0.5) is 0 Å². The van der Waals surface area contributed by atoms with Gasteiger partial charge in [0.25, 0.3) is 10.0 Å². The van der Waals surface area contributed by atoms with Gasteiger partial charge in [0.1, 0.15) is 4.21 Å². The molecular formula is C15H18N2O3S2. The van der Waals surface area contributed by atoms with Crippen molar-refractivity contribution in [3.63, 3.8) is 0 Å². The number of thiophene rings is 1. The Morgan fingerprint density at radius 3 is 2.73 bits per heavy atom. The smallest absolute Gasteiger partial charge is 0.250 e. The maximum absolute atomic E-state index is 12.6. The average molecular weight is 338 g/mol. The molecule has 0 bridgehead atoms. The second kappa shape index (κ2) is 6.87. The summed E-state index contributed by atoms with van der Waals surface area (Å²) in [7, 11) is -3.51. The number of sulfonamides is 1. The van der Waals surface area contributed by atoms with Gasteiger partial charge in [-0.2, -0.15) is 0 Å². The van der Waals surface area contributed by atoms with E-state index in [0.29, 0.717) is 17.4 Å². The van der Waals surface area contributed by atoms with Crippen LogP contribution in [-0.4, -0.2) is 26.6 Å². The summed E-state index contributed by atoms with van der Waals surface area (Å²) in [6.07, 6.45) is 5.11. The molecule has 2 aromatic heterocycles. The first kappa shape index (κ1) is 15.6. The maximum Gasteiger partial charge on any atom is 0.250 e. The fourth-order valence-corrected chi connectivity index (χ4v) is 4.99. The predicted molar refractivity (Wildman–Crippen MR) is 85.2 cm³/mol. The van der Waals surface area contributed by atoms with Gasteiger partial charge in [0.05, 0.1) is 6.04 Å². The van der Waals surface area contributed by atoms with E-state index in [2.05, 4.69) is 9.71 Å². The zero-order valence-electron chi connectivity index (χ0n) is 12.0. The Labute approximate surface area is 134 Å². The molecule has 1 aliphatic heterocycles. The highest BCUT2D eigenvalue weighted by atomic mass is 32.2. The van der Waals surface area contributed by atoms with Crippen molar-refractivity contribution in [2.75, 3.05) is 13.2 Å². The van der Waals surface area contributed by atoms with E-state index in [1.165, 1.54) is 11.3 Å². The normalized spacial score (nSPS) is 18.2. The van der Waals surface area contributed by atoms with Crippen LogP contribution in [0.5, 0.6) is 0 Å². The van der Waals surface area contributed by atoms with E-state index in [1.807, 2.05) is 12.1 Å². The Morgan fingerprint density at radius 2 is 2.09 bits per heavy atom. The highest BCUT2D eigenvalue weighted by Gasteiger charge is 2.30. The minimum absolute atomic E-state index is 0.215. The van der Waals surface area contributed by atoms with Crippen molar-refractivity contribution in [3.05, 3.63) is 47.6 Å². The standard InChI is InChI=1S/C15H18N2O3S2/c18-22(19,14-4-2-10-21-14)17-15(12-5-8-20-9-6-12)13-3-1-7-16-11-13/h1-4,7,10-12,15,17H,5-6,8-9H2. The predicted octanol–water partition coefficient (Wildman–Crippen LogP) is 2.59. The number of ether oxygens (including phenoxy) is 1. The molecular weight excluding hydrogens is 320 g/mol. The number of nitrogens with one attached hydrogen (secondary N) is 1. The second-order valence-electron chi connectivity index (χ2n) is 5.27. The van der Waals surface area contributed by atoms with Crippen LogP contribution in [-0.2, 0) is 14.8 Å². The fraction of sp³-hybridized carbons (Fsp3) is 0.400. The monoisotopic (exact) mass is 338 g/mol. The van der Waals surface area contributed by atoms with Gasteiger partial charge in [-0.3, -0.25) is 4.98 Å². The van der Waals surface area contributed by atoms with Crippen LogP contribution < -0.4 is 4.72 Å². The molecule has 0 amide bonds. The Kier molecular flexibility index (Phi) is 4.87. The summed E-state index contributed by atoms with van der Waals surface area (Å²) in [6, 6.07) is 6.85. The number of pyridine rings is 1. The molecule has 1 N–H and O–H groups in total. The molecule has 3 rings (SSSR count). The number of aromatic nitrogens is 1. The molecule has 1 fully saturated rings. The summed E-state index contributed by atoms with van der Waals surface area (Å²) in [5, 5.41) is 1.77. The van der Waals surface area contributed by atoms with Crippen LogP contribution in [0.15, 0.2) is 46.2 Å². The van der Waals surface area contributed by atoms with Gasteiger partial charge in [0.15, 0.2) is 0 Å². The van der Waals surface area contributed by atoms with Crippen LogP contribution in [0.1, 0.15) is 24.4 Å². The van der Waals surface area contributed by atoms with E-state index in [9.17, 15) is 8.42 Å². The summed E-state index contributed by atoms with van der Waals surface area (Å²) in [6.45, 7) is 1.34. The minimum Gasteiger partial charge on any atom is -0.381 e. The van der Waals surface area contributed by atoms with Crippen LogP contribution in [0.3, 0.4) is 0 Å². The molecule has 7 heteroatoms. The van der Waals surface area contributed by atoms with Crippen LogP contribution in [0.2, 0.25) is 0 Å². The molecule has 1 unspecified atom stereocenters. The van der Waals surface area contributed by atoms with Crippen LogP contribution in [0, 0.1) is 5.92 Å². The molecule has 0 aromatic carbocycles. The van der Waals surface area contributed by atoms with Crippen LogP contribution >= 0.6 is 11.3 Å². The Morgan fingerprint density at radius 1 is 1.27 bits per heavy atom. The van der Waals surface area contributed by atoms with Crippen molar-refractivity contribution in [1.82, 2.24) is 9.71 Å². The van der Waals surface area contributed by atoms with Crippen molar-refractivity contribution in [3.8, 4) is 0 Å². The molecule has 118 valence electrons. The Bertz CT molecular complexity index is 681. The zero-order valence-corrected chi connectivity index (χ0v) is 13.6. The first-order valence-electron chi connectivity index (χ1n) is 7.20. The van der Waals surface area contributed by atoms with E-state index >= 15 is 0 Å². The molecule has 22 heavy (non-hydrogen) atoms. The van der Waals surface area contributed by atoms with Crippen molar-refractivity contribution >= 4 is 21.4 Å². The quantitative estimate of drug-likeness (QED) is 0.910. The van der Waals surface area contributed by atoms with E-state index < -0.39 is 10.0 Å². The zero-order chi connectivity index (χ0) is 15.4. The van der Waals surface area contributed by atoms with Gasteiger partial charge >= 0.3 is 0 Å². The van der Waals surface area contributed by atoms with E-state index in [1.54, 1.807) is 29.9 Å². The number of hydrogen-bond acceptors (Lipinski definition) is 5. The molecule has 1 saturated heterocycles. The third-order valence-corrected chi connectivity index (χ3v) is 6.66. The molecule has 5 nitrogen and oxygen atoms in total. The fourth-order valence-electron chi connectivity index (χ4n) is 2.69. The van der Waals surface area contributed by atoms with Gasteiger partial charge in [-0.05, 0) is 41.8 Å². The lowest BCUT2D eigenvalue weighted by Gasteiger charge is -2.30. The maximum atomic E-state index is 12.6. The second-order valence-corrected chi connectivity index (χ2v) is 8.16. The lowest BCUT2D eigenvalue weighted by molar-refractivity contribution is 0.0564. The first-order chi connectivity index (χ1) is 10.7. The molecule has 1 aliphatic rings. The SMILES string of the molecule is O=S(=O)(NC(c1cccnc1)C1CCOCC1)c1cccs1. The Balaban J connectivity index is 1.88. The minimum atomic E-state index is -3.51. The van der Waals surface area contributed by atoms with Crippen molar-refractivity contribution in [2.24, 2.45) is 5.92 Å². The van der Waals surface area contributed by atoms with Crippen molar-refractivity contribution in [1.29, 1.82) is 0 Å². The van der Waals surface area contributed by atoms with E-state index in [0.717, 1.165) is 18.4 Å². The average Bonchev–Trinajstić information content (AvgIpc) is 3.10. The molecule has 3 heterocycles. The van der Waals surface area contributed by atoms with Gasteiger partial charge in [0, 0.05) is 25.6 Å². The summed E-state index contributed by atoms with van der Waals surface area (Å²) in [5.74, 6) is 0.215. The molecule has 0 spiro atoms. The lowest BCUT2D eigenvalue weighted by Crippen LogP contribution is -2.35. The third-order valence-electron chi connectivity index (χ3n) is 3.82. The molecule has 0 radical (unpaired) electrons. The highest BCUT2D eigenvalue weighted by Crippen LogP contribution is 2.31. The molecule has 0 aliphatic carbocycles. The van der Waals surface area contributed by atoms with Crippen molar-refractivity contribution in [2.45, 2.75) is 23.1 Å². The Hall–Kier alpha value is -1.28. The number of nitrogens with zero attached hydrogens (tertiary/aromatic N) is 1. The molecule has 1 atom stereocenters. The third kappa shape index (κ3) is 3.55. The van der Waals surface area contributed by atoms with Gasteiger partial charge in [-0.15, -0.1) is 11.3 Å². The van der Waals surface area contributed by atoms with Gasteiger partial charge in [0.2, 0.25) is 0 Å². The van der Waals surface area contributed by atoms with Gasteiger partial charge in [-0.25, -0.2) is 13.1 Å². The largest absolute Gasteiger partial charge is 0.381 e. The van der Waals surface area contributed by atoms with Gasteiger partial charge in [-0.1, -0.05) is 12.1 Å². The van der Waals surface area contributed by atoms with Crippen molar-refractivity contribution < 1.29 is 13.2 Å². The topological polar surface area (TPSA) is 68.3 Å². The lowest BCUT2D eigenvalue weighted by atomic mass is 9.88. The summed E-state index contributed by atoms with van der Waals surface area (Å²) in [4.78, 5) is 4.13. The van der Waals surface area contributed by atoms with E-state index in [4.69, 9.17) is 4.74 Å². The summed E-state index contributed by atoms with van der Waals surface area (Å²) in [5.41, 5.74) is 0.898. The first-order valence-corrected chi connectivity index (χ1v) is 9.56.